The first-order chi connectivity index (χ1) is 21.8. The van der Waals surface area contributed by atoms with E-state index >= 15 is 0 Å². The van der Waals surface area contributed by atoms with Gasteiger partial charge in [-0.25, -0.2) is 8.42 Å². The smallest absolute Gasteiger partial charge is 0.264 e. The van der Waals surface area contributed by atoms with Crippen LogP contribution in [0.15, 0.2) is 108 Å². The molecular weight excluding hydrogens is 641 g/mol. The van der Waals surface area contributed by atoms with E-state index in [0.29, 0.717) is 27.7 Å². The summed E-state index contributed by atoms with van der Waals surface area (Å²) in [4.78, 5) is 30.2. The lowest BCUT2D eigenvalue weighted by Crippen LogP contribution is -2.56. The highest BCUT2D eigenvalue weighted by Crippen LogP contribution is 2.30. The van der Waals surface area contributed by atoms with Crippen molar-refractivity contribution in [1.29, 1.82) is 0 Å². The highest BCUT2D eigenvalue weighted by Gasteiger charge is 2.36. The third kappa shape index (κ3) is 8.69. The van der Waals surface area contributed by atoms with Crippen LogP contribution in [0.4, 0.5) is 5.69 Å². The maximum Gasteiger partial charge on any atom is 0.264 e. The van der Waals surface area contributed by atoms with Crippen molar-refractivity contribution >= 4 is 50.7 Å². The molecular formula is C36H39Cl2N3O4S. The third-order valence-electron chi connectivity index (χ3n) is 7.41. The number of rotatable bonds is 12. The molecule has 1 N–H and O–H groups in total. The maximum absolute atomic E-state index is 14.7. The van der Waals surface area contributed by atoms with Crippen LogP contribution in [0, 0.1) is 0 Å². The fourth-order valence-electron chi connectivity index (χ4n) is 5.15. The minimum atomic E-state index is -4.20. The van der Waals surface area contributed by atoms with Crippen LogP contribution < -0.4 is 9.62 Å². The molecule has 0 aliphatic heterocycles. The summed E-state index contributed by atoms with van der Waals surface area (Å²) in [5, 5.41) is 3.67. The van der Waals surface area contributed by atoms with Gasteiger partial charge in [0.1, 0.15) is 12.6 Å². The number of carbonyl (C=O) groups excluding carboxylic acids is 2. The van der Waals surface area contributed by atoms with E-state index in [0.717, 1.165) is 15.4 Å². The van der Waals surface area contributed by atoms with Gasteiger partial charge in [-0.1, -0.05) is 103 Å². The van der Waals surface area contributed by atoms with Crippen molar-refractivity contribution in [2.24, 2.45) is 0 Å². The minimum Gasteiger partial charge on any atom is -0.350 e. The summed E-state index contributed by atoms with van der Waals surface area (Å²) in [7, 11) is -4.20. The number of anilines is 1. The average Bonchev–Trinajstić information content (AvgIpc) is 3.02. The first kappa shape index (κ1) is 35.0. The maximum atomic E-state index is 14.7. The van der Waals surface area contributed by atoms with E-state index < -0.39 is 34.1 Å². The Morgan fingerprint density at radius 2 is 1.37 bits per heavy atom. The predicted molar refractivity (Wildman–Crippen MR) is 186 cm³/mol. The van der Waals surface area contributed by atoms with Crippen molar-refractivity contribution < 1.29 is 18.0 Å². The molecule has 0 saturated heterocycles. The number of amides is 2. The lowest BCUT2D eigenvalue weighted by atomic mass is 10.0. The first-order valence-corrected chi connectivity index (χ1v) is 17.3. The van der Waals surface area contributed by atoms with Crippen LogP contribution in [0.1, 0.15) is 44.4 Å². The molecule has 0 heterocycles. The van der Waals surface area contributed by atoms with Gasteiger partial charge in [0.25, 0.3) is 10.0 Å². The lowest BCUT2D eigenvalue weighted by molar-refractivity contribution is -0.140. The van der Waals surface area contributed by atoms with Crippen molar-refractivity contribution in [2.75, 3.05) is 10.8 Å². The fraction of sp³-hybridized carbons (Fsp3) is 0.278. The molecule has 0 aliphatic rings. The number of benzene rings is 4. The molecule has 0 aliphatic carbocycles. The second kappa shape index (κ2) is 15.2. The monoisotopic (exact) mass is 679 g/mol. The van der Waals surface area contributed by atoms with Gasteiger partial charge in [0, 0.05) is 34.1 Å². The summed E-state index contributed by atoms with van der Waals surface area (Å²) in [6, 6.07) is 28.5. The zero-order valence-corrected chi connectivity index (χ0v) is 28.7. The van der Waals surface area contributed by atoms with Crippen LogP contribution in [0.3, 0.4) is 0 Å². The number of carbonyl (C=O) groups is 2. The minimum absolute atomic E-state index is 0.0423. The van der Waals surface area contributed by atoms with Gasteiger partial charge in [-0.15, -0.1) is 0 Å². The van der Waals surface area contributed by atoms with Gasteiger partial charge in [0.05, 0.1) is 10.6 Å². The van der Waals surface area contributed by atoms with E-state index in [-0.39, 0.29) is 23.8 Å². The van der Waals surface area contributed by atoms with E-state index in [9.17, 15) is 18.0 Å². The van der Waals surface area contributed by atoms with E-state index in [1.165, 1.54) is 17.0 Å². The number of hydrogen-bond donors (Lipinski definition) is 1. The van der Waals surface area contributed by atoms with Crippen LogP contribution in [0.5, 0.6) is 0 Å². The Morgan fingerprint density at radius 1 is 0.804 bits per heavy atom. The number of nitrogens with one attached hydrogen (secondary N) is 1. The van der Waals surface area contributed by atoms with Crippen molar-refractivity contribution in [3.05, 3.63) is 130 Å². The average molecular weight is 681 g/mol. The molecule has 0 fully saturated rings. The summed E-state index contributed by atoms with van der Waals surface area (Å²) in [5.41, 5.74) is 1.81. The molecule has 46 heavy (non-hydrogen) atoms. The molecule has 0 unspecified atom stereocenters. The number of sulfonamides is 1. The van der Waals surface area contributed by atoms with Crippen LogP contribution in [0.2, 0.25) is 10.0 Å². The van der Waals surface area contributed by atoms with Crippen LogP contribution >= 0.6 is 23.2 Å². The van der Waals surface area contributed by atoms with E-state index in [4.69, 9.17) is 23.2 Å². The van der Waals surface area contributed by atoms with Gasteiger partial charge in [-0.05, 0) is 68.7 Å². The van der Waals surface area contributed by atoms with Gasteiger partial charge in [-0.3, -0.25) is 13.9 Å². The molecule has 4 rings (SSSR count). The molecule has 0 aromatic heterocycles. The topological polar surface area (TPSA) is 86.8 Å². The van der Waals surface area contributed by atoms with E-state index in [1.807, 2.05) is 70.2 Å². The highest BCUT2D eigenvalue weighted by atomic mass is 35.5. The molecule has 0 radical (unpaired) electrons. The Hall–Kier alpha value is -3.85. The largest absolute Gasteiger partial charge is 0.350 e. The fourth-order valence-corrected chi connectivity index (χ4v) is 7.14. The second-order valence-electron chi connectivity index (χ2n) is 12.0. The summed E-state index contributed by atoms with van der Waals surface area (Å²) < 4.78 is 29.6. The summed E-state index contributed by atoms with van der Waals surface area (Å²) >= 11 is 13.2. The van der Waals surface area contributed by atoms with Gasteiger partial charge in [0.15, 0.2) is 0 Å². The third-order valence-corrected chi connectivity index (χ3v) is 9.89. The van der Waals surface area contributed by atoms with Gasteiger partial charge < -0.3 is 10.2 Å². The Kier molecular flexibility index (Phi) is 11.5. The predicted octanol–water partition coefficient (Wildman–Crippen LogP) is 7.31. The number of para-hydroxylation sites is 1. The summed E-state index contributed by atoms with van der Waals surface area (Å²) in [6.45, 7) is 6.81. The van der Waals surface area contributed by atoms with Gasteiger partial charge in [0.2, 0.25) is 11.8 Å². The zero-order chi connectivity index (χ0) is 33.5. The number of nitrogens with zero attached hydrogens (tertiary/aromatic N) is 2. The summed E-state index contributed by atoms with van der Waals surface area (Å²) in [5.74, 6) is -0.981. The number of hydrogen-bond acceptors (Lipinski definition) is 4. The first-order valence-electron chi connectivity index (χ1n) is 15.1. The van der Waals surface area contributed by atoms with E-state index in [2.05, 4.69) is 5.32 Å². The Balaban J connectivity index is 1.87. The Morgan fingerprint density at radius 3 is 1.96 bits per heavy atom. The molecule has 1 atom stereocenters. The molecule has 4 aromatic rings. The van der Waals surface area contributed by atoms with Crippen LogP contribution in [-0.2, 0) is 39.0 Å². The van der Waals surface area contributed by atoms with Gasteiger partial charge in [-0.2, -0.15) is 0 Å². The zero-order valence-electron chi connectivity index (χ0n) is 26.4. The molecule has 4 aromatic carbocycles. The van der Waals surface area contributed by atoms with E-state index in [1.54, 1.807) is 48.5 Å². The number of halogens is 2. The van der Waals surface area contributed by atoms with Crippen molar-refractivity contribution in [1.82, 2.24) is 10.2 Å². The van der Waals surface area contributed by atoms with Crippen LogP contribution in [0.25, 0.3) is 0 Å². The molecule has 2 amide bonds. The summed E-state index contributed by atoms with van der Waals surface area (Å²) in [6.07, 6.45) is 0.711. The standard InChI is InChI=1S/C36H39Cl2N3O4S/c1-5-27-17-12-13-22-32(27)41(46(44,45)28-18-10-7-11-19-28)25-34(42)40(24-29-30(37)20-14-21-31(29)38)33(35(43)39-36(2,3)4)23-26-15-8-6-9-16-26/h6-22,33H,5,23-25H2,1-4H3,(H,39,43)/t33-/m1/s1. The Labute approximate surface area is 282 Å². The molecule has 0 bridgehead atoms. The normalized spacial score (nSPS) is 12.3. The molecule has 7 nitrogen and oxygen atoms in total. The van der Waals surface area contributed by atoms with Crippen molar-refractivity contribution in [3.8, 4) is 0 Å². The Bertz CT molecular complexity index is 1740. The highest BCUT2D eigenvalue weighted by molar-refractivity contribution is 7.92. The SMILES string of the molecule is CCc1ccccc1N(CC(=O)N(Cc1c(Cl)cccc1Cl)[C@H](Cc1ccccc1)C(=O)NC(C)(C)C)S(=O)(=O)c1ccccc1. The van der Waals surface area contributed by atoms with Crippen molar-refractivity contribution in [3.63, 3.8) is 0 Å². The van der Waals surface area contributed by atoms with Crippen LogP contribution in [-0.4, -0.2) is 43.3 Å². The molecule has 10 heteroatoms. The van der Waals surface area contributed by atoms with Gasteiger partial charge >= 0.3 is 0 Å². The quantitative estimate of drug-likeness (QED) is 0.170. The molecule has 0 spiro atoms. The molecule has 242 valence electrons. The lowest BCUT2D eigenvalue weighted by Gasteiger charge is -2.36. The number of aryl methyl sites for hydroxylation is 1. The molecule has 0 saturated carbocycles. The van der Waals surface area contributed by atoms with Crippen molar-refractivity contribution in [2.45, 2.75) is 63.6 Å². The second-order valence-corrected chi connectivity index (χ2v) is 14.7.